The summed E-state index contributed by atoms with van der Waals surface area (Å²) in [6.45, 7) is 5.71. The topological polar surface area (TPSA) is 113 Å². The molecule has 0 aromatic heterocycles. The third-order valence-corrected chi connectivity index (χ3v) is 6.56. The van der Waals surface area contributed by atoms with Gasteiger partial charge in [-0.3, -0.25) is 14.4 Å². The van der Waals surface area contributed by atoms with Crippen LogP contribution in [0.1, 0.15) is 83.7 Å². The predicted octanol–water partition coefficient (Wildman–Crippen LogP) is 6.07. The molecule has 2 atom stereocenters. The molecule has 3 N–H and O–H groups in total. The second-order valence-electron chi connectivity index (χ2n) is 9.31. The normalized spacial score (nSPS) is 11.9. The Morgan fingerprint density at radius 2 is 1.08 bits per heavy atom. The van der Waals surface area contributed by atoms with Crippen molar-refractivity contribution < 1.29 is 24.3 Å². The number of Topliss-reactive ketones (excluding diaryl/α,β-unsaturated/α-hetero) is 1. The van der Waals surface area contributed by atoms with Crippen LogP contribution in [0.2, 0.25) is 0 Å². The molecular weight excluding hydrogens is 539 g/mol. The van der Waals surface area contributed by atoms with Crippen molar-refractivity contribution in [1.82, 2.24) is 10.6 Å². The zero-order chi connectivity index (χ0) is 29.2. The molecule has 0 aliphatic heterocycles. The summed E-state index contributed by atoms with van der Waals surface area (Å²) in [5.74, 6) is -0.423. The van der Waals surface area contributed by atoms with Crippen LogP contribution in [0.25, 0.3) is 0 Å². The number of unbranched alkanes of at least 4 members (excludes halogenated alkanes) is 2. The molecule has 2 aromatic carbocycles. The number of ketones is 1. The molecule has 0 radical (unpaired) electrons. The van der Waals surface area contributed by atoms with Crippen molar-refractivity contribution in [1.29, 1.82) is 0 Å². The van der Waals surface area contributed by atoms with Crippen molar-refractivity contribution in [3.05, 3.63) is 70.8 Å². The second kappa shape index (κ2) is 19.2. The number of aliphatic carboxylic acids is 1. The molecule has 0 saturated carbocycles. The molecule has 2 amide bonds. The van der Waals surface area contributed by atoms with E-state index < -0.39 is 18.1 Å². The van der Waals surface area contributed by atoms with Crippen LogP contribution in [0.3, 0.4) is 0 Å². The van der Waals surface area contributed by atoms with Crippen molar-refractivity contribution >= 4 is 46.8 Å². The quantitative estimate of drug-likeness (QED) is 0.175. The molecule has 7 nitrogen and oxygen atoms in total. The Labute approximate surface area is 241 Å². The third kappa shape index (κ3) is 13.6. The number of carbonyl (C=O) groups excluding carboxylic acids is 3. The number of rotatable bonds is 15. The van der Waals surface area contributed by atoms with Gasteiger partial charge in [0.2, 0.25) is 0 Å². The molecule has 2 unspecified atom stereocenters. The van der Waals surface area contributed by atoms with E-state index in [0.717, 1.165) is 30.4 Å². The number of amides is 2. The van der Waals surface area contributed by atoms with Crippen LogP contribution in [0.5, 0.6) is 0 Å². The number of hydrogen-bond acceptors (Lipinski definition) is 4. The van der Waals surface area contributed by atoms with Gasteiger partial charge >= 0.3 is 5.97 Å². The average Bonchev–Trinajstić information content (AvgIpc) is 2.92. The van der Waals surface area contributed by atoms with Gasteiger partial charge in [-0.05, 0) is 76.6 Å². The van der Waals surface area contributed by atoms with E-state index in [1.807, 2.05) is 45.0 Å². The molecule has 214 valence electrons. The maximum atomic E-state index is 12.1. The van der Waals surface area contributed by atoms with E-state index in [9.17, 15) is 19.2 Å². The van der Waals surface area contributed by atoms with Gasteiger partial charge in [0, 0.05) is 29.3 Å². The van der Waals surface area contributed by atoms with E-state index in [1.54, 1.807) is 24.3 Å². The lowest BCUT2D eigenvalue weighted by molar-refractivity contribution is -0.139. The van der Waals surface area contributed by atoms with Gasteiger partial charge in [-0.25, -0.2) is 4.79 Å². The predicted molar refractivity (Wildman–Crippen MR) is 157 cm³/mol. The van der Waals surface area contributed by atoms with E-state index >= 15 is 0 Å². The fourth-order valence-corrected chi connectivity index (χ4v) is 3.97. The van der Waals surface area contributed by atoms with Crippen molar-refractivity contribution in [2.75, 3.05) is 11.8 Å². The molecule has 0 aliphatic rings. The molecular formula is C30H40Cl2N2O5. The first-order chi connectivity index (χ1) is 18.6. The van der Waals surface area contributed by atoms with Gasteiger partial charge in [-0.2, -0.15) is 0 Å². The first kappa shape index (κ1) is 34.1. The van der Waals surface area contributed by atoms with E-state index in [0.29, 0.717) is 48.6 Å². The zero-order valence-corrected chi connectivity index (χ0v) is 24.5. The van der Waals surface area contributed by atoms with Crippen LogP contribution in [0, 0.1) is 13.8 Å². The van der Waals surface area contributed by atoms with Crippen LogP contribution in [-0.4, -0.2) is 52.5 Å². The maximum absolute atomic E-state index is 12.1. The smallest absolute Gasteiger partial charge is 0.326 e. The summed E-state index contributed by atoms with van der Waals surface area (Å²) in [6.07, 6.45) is 4.58. The third-order valence-electron chi connectivity index (χ3n) is 6.03. The fourth-order valence-electron chi connectivity index (χ4n) is 3.60. The largest absolute Gasteiger partial charge is 0.480 e. The van der Waals surface area contributed by atoms with Crippen LogP contribution in [-0.2, 0) is 9.59 Å². The van der Waals surface area contributed by atoms with Crippen molar-refractivity contribution in [3.8, 4) is 0 Å². The van der Waals surface area contributed by atoms with Crippen molar-refractivity contribution in [3.63, 3.8) is 0 Å². The lowest BCUT2D eigenvalue weighted by Crippen LogP contribution is -2.40. The number of halogens is 2. The van der Waals surface area contributed by atoms with Crippen LogP contribution in [0.4, 0.5) is 0 Å². The molecule has 2 rings (SSSR count). The minimum absolute atomic E-state index is 0.0695. The lowest BCUT2D eigenvalue weighted by atomic mass is 10.0. The first-order valence-corrected chi connectivity index (χ1v) is 14.3. The Morgan fingerprint density at radius 1 is 0.692 bits per heavy atom. The SMILES string of the molecule is CCC(=O)C(CCCCCl)NC(=O)c1ccc(C)cc1.Cc1ccc(C(=O)NC(CCCCCl)C(=O)O)cc1. The van der Waals surface area contributed by atoms with E-state index in [-0.39, 0.29) is 17.6 Å². The summed E-state index contributed by atoms with van der Waals surface area (Å²) in [7, 11) is 0. The number of carboxylic acids is 1. The first-order valence-electron chi connectivity index (χ1n) is 13.2. The Morgan fingerprint density at radius 3 is 1.44 bits per heavy atom. The van der Waals surface area contributed by atoms with Gasteiger partial charge < -0.3 is 15.7 Å². The highest BCUT2D eigenvalue weighted by Crippen LogP contribution is 2.09. The van der Waals surface area contributed by atoms with Gasteiger partial charge in [0.15, 0.2) is 5.78 Å². The molecule has 0 aliphatic carbocycles. The Bertz CT molecular complexity index is 1040. The van der Waals surface area contributed by atoms with Crippen LogP contribution >= 0.6 is 23.2 Å². The molecule has 9 heteroatoms. The summed E-state index contributed by atoms with van der Waals surface area (Å²) in [6, 6.07) is 13.1. The number of aryl methyl sites for hydroxylation is 2. The van der Waals surface area contributed by atoms with Crippen molar-refractivity contribution in [2.24, 2.45) is 0 Å². The Balaban J connectivity index is 0.000000391. The van der Waals surface area contributed by atoms with Gasteiger partial charge in [-0.15, -0.1) is 23.2 Å². The summed E-state index contributed by atoms with van der Waals surface area (Å²) in [5, 5.41) is 14.4. The molecule has 0 heterocycles. The highest BCUT2D eigenvalue weighted by atomic mass is 35.5. The Kier molecular flexibility index (Phi) is 16.8. The summed E-state index contributed by atoms with van der Waals surface area (Å²) in [4.78, 5) is 47.0. The van der Waals surface area contributed by atoms with Gasteiger partial charge in [0.25, 0.3) is 11.8 Å². The number of alkyl halides is 2. The minimum Gasteiger partial charge on any atom is -0.480 e. The Hall–Kier alpha value is -2.90. The second-order valence-corrected chi connectivity index (χ2v) is 10.1. The summed E-state index contributed by atoms with van der Waals surface area (Å²) < 4.78 is 0. The zero-order valence-electron chi connectivity index (χ0n) is 23.0. The standard InChI is InChI=1S/C16H22ClNO2.C14H18ClNO3/c1-3-15(19)14(6-4-5-11-17)18-16(20)13-9-7-12(2)8-10-13;1-10-5-7-11(8-6-10)13(17)16-12(14(18)19)4-2-3-9-15/h7-10,14H,3-6,11H2,1-2H3,(H,18,20);5-8,12H,2-4,9H2,1H3,(H,16,17)(H,18,19). The monoisotopic (exact) mass is 578 g/mol. The number of carboxylic acid groups (broad SMARTS) is 1. The van der Waals surface area contributed by atoms with Gasteiger partial charge in [-0.1, -0.05) is 42.3 Å². The molecule has 0 spiro atoms. The molecule has 2 aromatic rings. The molecule has 0 bridgehead atoms. The van der Waals surface area contributed by atoms with Crippen molar-refractivity contribution in [2.45, 2.75) is 77.8 Å². The number of benzene rings is 2. The summed E-state index contributed by atoms with van der Waals surface area (Å²) >= 11 is 11.2. The van der Waals surface area contributed by atoms with Gasteiger partial charge in [0.05, 0.1) is 6.04 Å². The molecule has 0 saturated heterocycles. The highest BCUT2D eigenvalue weighted by Gasteiger charge is 2.20. The summed E-state index contributed by atoms with van der Waals surface area (Å²) in [5.41, 5.74) is 3.20. The van der Waals surface area contributed by atoms with Crippen LogP contribution < -0.4 is 10.6 Å². The molecule has 0 fully saturated rings. The van der Waals surface area contributed by atoms with E-state index in [2.05, 4.69) is 10.6 Å². The molecule has 39 heavy (non-hydrogen) atoms. The minimum atomic E-state index is -1.02. The number of hydrogen-bond donors (Lipinski definition) is 3. The van der Waals surface area contributed by atoms with Crippen LogP contribution in [0.15, 0.2) is 48.5 Å². The fraction of sp³-hybridized carbons (Fsp3) is 0.467. The number of nitrogens with one attached hydrogen (secondary N) is 2. The lowest BCUT2D eigenvalue weighted by Gasteiger charge is -2.17. The van der Waals surface area contributed by atoms with E-state index in [4.69, 9.17) is 28.3 Å². The maximum Gasteiger partial charge on any atom is 0.326 e. The van der Waals surface area contributed by atoms with E-state index in [1.165, 1.54) is 0 Å². The highest BCUT2D eigenvalue weighted by molar-refractivity contribution is 6.18. The number of carbonyl (C=O) groups is 4. The van der Waals surface area contributed by atoms with Gasteiger partial charge in [0.1, 0.15) is 6.04 Å². The average molecular weight is 580 g/mol.